The van der Waals surface area contributed by atoms with E-state index in [0.717, 1.165) is 17.9 Å². The lowest BCUT2D eigenvalue weighted by atomic mass is 9.93. The minimum Gasteiger partial charge on any atom is -0.359 e. The van der Waals surface area contributed by atoms with Crippen molar-refractivity contribution in [1.29, 1.82) is 0 Å². The molecule has 4 nitrogen and oxygen atoms in total. The first-order valence-corrected chi connectivity index (χ1v) is 8.43. The Bertz CT molecular complexity index is 473. The van der Waals surface area contributed by atoms with Gasteiger partial charge in [-0.25, -0.2) is 0 Å². The van der Waals surface area contributed by atoms with Gasteiger partial charge in [0.15, 0.2) is 5.82 Å². The SMILES string of the molecule is CC(C)CCSC(C)(C)C(=O)Nc1cc(C(C)(C)C)on1. The lowest BCUT2D eigenvalue weighted by Gasteiger charge is -2.22. The highest BCUT2D eigenvalue weighted by molar-refractivity contribution is 8.01. The maximum absolute atomic E-state index is 12.4. The molecular weight excluding hydrogens is 284 g/mol. The Labute approximate surface area is 132 Å². The summed E-state index contributed by atoms with van der Waals surface area (Å²) in [5, 5.41) is 6.78. The van der Waals surface area contributed by atoms with Gasteiger partial charge in [-0.3, -0.25) is 4.79 Å². The van der Waals surface area contributed by atoms with Crippen molar-refractivity contribution in [2.75, 3.05) is 11.1 Å². The molecule has 0 aliphatic heterocycles. The monoisotopic (exact) mass is 312 g/mol. The number of anilines is 1. The molecule has 0 bridgehead atoms. The minimum absolute atomic E-state index is 0.0370. The molecule has 1 aromatic heterocycles. The summed E-state index contributed by atoms with van der Waals surface area (Å²) in [4.78, 5) is 12.4. The van der Waals surface area contributed by atoms with Crippen molar-refractivity contribution in [2.24, 2.45) is 5.92 Å². The third kappa shape index (κ3) is 5.73. The van der Waals surface area contributed by atoms with Gasteiger partial charge in [0.25, 0.3) is 0 Å². The minimum atomic E-state index is -0.476. The molecule has 120 valence electrons. The first-order valence-electron chi connectivity index (χ1n) is 7.45. The van der Waals surface area contributed by atoms with Gasteiger partial charge in [-0.15, -0.1) is 11.8 Å². The van der Waals surface area contributed by atoms with Crippen LogP contribution in [0.4, 0.5) is 5.82 Å². The number of nitrogens with one attached hydrogen (secondary N) is 1. The number of hydrogen-bond donors (Lipinski definition) is 1. The number of aromatic nitrogens is 1. The normalized spacial score (nSPS) is 12.8. The van der Waals surface area contributed by atoms with Crippen LogP contribution in [0.25, 0.3) is 0 Å². The van der Waals surface area contributed by atoms with E-state index in [1.165, 1.54) is 0 Å². The third-order valence-electron chi connectivity index (χ3n) is 3.20. The summed E-state index contributed by atoms with van der Waals surface area (Å²) in [6.45, 7) is 14.4. The summed E-state index contributed by atoms with van der Waals surface area (Å²) in [7, 11) is 0. The van der Waals surface area contributed by atoms with Gasteiger partial charge < -0.3 is 9.84 Å². The number of nitrogens with zero attached hydrogens (tertiary/aromatic N) is 1. The molecule has 1 rings (SSSR count). The van der Waals surface area contributed by atoms with Crippen molar-refractivity contribution in [1.82, 2.24) is 5.16 Å². The molecule has 0 fully saturated rings. The first kappa shape index (κ1) is 18.1. The lowest BCUT2D eigenvalue weighted by Crippen LogP contribution is -2.34. The van der Waals surface area contributed by atoms with E-state index in [2.05, 4.69) is 24.3 Å². The molecule has 0 aromatic carbocycles. The summed E-state index contributed by atoms with van der Waals surface area (Å²) < 4.78 is 4.81. The van der Waals surface area contributed by atoms with Gasteiger partial charge in [-0.05, 0) is 31.9 Å². The fourth-order valence-corrected chi connectivity index (χ4v) is 2.85. The van der Waals surface area contributed by atoms with Crippen LogP contribution >= 0.6 is 11.8 Å². The van der Waals surface area contributed by atoms with E-state index in [-0.39, 0.29) is 11.3 Å². The maximum Gasteiger partial charge on any atom is 0.241 e. The number of carbonyl (C=O) groups is 1. The number of hydrogen-bond acceptors (Lipinski definition) is 4. The number of amides is 1. The van der Waals surface area contributed by atoms with Gasteiger partial charge in [0.05, 0.1) is 4.75 Å². The van der Waals surface area contributed by atoms with Crippen molar-refractivity contribution < 1.29 is 9.32 Å². The van der Waals surface area contributed by atoms with Crippen LogP contribution in [0.15, 0.2) is 10.6 Å². The molecule has 1 N–H and O–H groups in total. The second-order valence-electron chi connectivity index (χ2n) is 7.32. The average molecular weight is 312 g/mol. The van der Waals surface area contributed by atoms with Gasteiger partial charge in [0, 0.05) is 11.5 Å². The molecule has 0 aliphatic carbocycles. The van der Waals surface area contributed by atoms with Crippen molar-refractivity contribution in [2.45, 2.75) is 65.0 Å². The molecule has 1 aromatic rings. The summed E-state index contributed by atoms with van der Waals surface area (Å²) >= 11 is 1.68. The third-order valence-corrected chi connectivity index (χ3v) is 4.54. The zero-order valence-corrected chi connectivity index (χ0v) is 15.1. The molecule has 0 saturated heterocycles. The molecule has 0 unspecified atom stereocenters. The number of rotatable bonds is 6. The fraction of sp³-hybridized carbons (Fsp3) is 0.750. The Morgan fingerprint density at radius 2 is 1.95 bits per heavy atom. The topological polar surface area (TPSA) is 55.1 Å². The molecule has 1 amide bonds. The van der Waals surface area contributed by atoms with E-state index in [1.807, 2.05) is 34.6 Å². The van der Waals surface area contributed by atoms with Gasteiger partial charge >= 0.3 is 0 Å². The van der Waals surface area contributed by atoms with Crippen LogP contribution in [-0.4, -0.2) is 21.6 Å². The van der Waals surface area contributed by atoms with E-state index in [1.54, 1.807) is 17.8 Å². The Kier molecular flexibility index (Phi) is 5.91. The molecule has 5 heteroatoms. The maximum atomic E-state index is 12.4. The highest BCUT2D eigenvalue weighted by Crippen LogP contribution is 2.29. The molecule has 1 heterocycles. The average Bonchev–Trinajstić information content (AvgIpc) is 2.76. The van der Waals surface area contributed by atoms with Crippen LogP contribution in [0.2, 0.25) is 0 Å². The van der Waals surface area contributed by atoms with E-state index in [0.29, 0.717) is 11.7 Å². The van der Waals surface area contributed by atoms with Gasteiger partial charge in [-0.1, -0.05) is 39.8 Å². The van der Waals surface area contributed by atoms with E-state index in [9.17, 15) is 4.79 Å². The largest absolute Gasteiger partial charge is 0.359 e. The van der Waals surface area contributed by atoms with Gasteiger partial charge in [0.2, 0.25) is 5.91 Å². The van der Waals surface area contributed by atoms with E-state index >= 15 is 0 Å². The predicted octanol–water partition coefficient (Wildman–Crippen LogP) is 4.47. The van der Waals surface area contributed by atoms with Crippen molar-refractivity contribution in [3.8, 4) is 0 Å². The number of carbonyl (C=O) groups excluding carboxylic acids is 1. The highest BCUT2D eigenvalue weighted by atomic mass is 32.2. The van der Waals surface area contributed by atoms with Crippen LogP contribution in [0, 0.1) is 5.92 Å². The lowest BCUT2D eigenvalue weighted by molar-refractivity contribution is -0.117. The standard InChI is InChI=1S/C16H28N2O2S/c1-11(2)8-9-21-16(6,7)14(19)17-13-10-12(20-18-13)15(3,4)5/h10-11H,8-9H2,1-7H3,(H,17,18,19). The van der Waals surface area contributed by atoms with Crippen molar-refractivity contribution in [3.63, 3.8) is 0 Å². The zero-order chi connectivity index (χ0) is 16.3. The molecule has 0 saturated carbocycles. The van der Waals surface area contributed by atoms with Crippen LogP contribution in [-0.2, 0) is 10.2 Å². The summed E-state index contributed by atoms with van der Waals surface area (Å²) in [5.41, 5.74) is -0.114. The van der Waals surface area contributed by atoms with Gasteiger partial charge in [-0.2, -0.15) is 0 Å². The Morgan fingerprint density at radius 3 is 2.43 bits per heavy atom. The molecule has 0 spiro atoms. The van der Waals surface area contributed by atoms with Crippen LogP contribution < -0.4 is 5.32 Å². The first-order chi connectivity index (χ1) is 9.52. The molecular formula is C16H28N2O2S. The van der Waals surface area contributed by atoms with Crippen LogP contribution in [0.5, 0.6) is 0 Å². The molecule has 0 atom stereocenters. The van der Waals surface area contributed by atoms with Gasteiger partial charge in [0.1, 0.15) is 5.76 Å². The zero-order valence-electron chi connectivity index (χ0n) is 14.2. The molecule has 21 heavy (non-hydrogen) atoms. The van der Waals surface area contributed by atoms with Crippen molar-refractivity contribution >= 4 is 23.5 Å². The fourth-order valence-electron chi connectivity index (χ4n) is 1.57. The summed E-state index contributed by atoms with van der Waals surface area (Å²) in [6, 6.07) is 1.80. The second-order valence-corrected chi connectivity index (χ2v) is 9.04. The van der Waals surface area contributed by atoms with Crippen LogP contribution in [0.1, 0.15) is 60.6 Å². The summed E-state index contributed by atoms with van der Waals surface area (Å²) in [5.74, 6) is 2.85. The molecule has 0 aliphatic rings. The van der Waals surface area contributed by atoms with Crippen molar-refractivity contribution in [3.05, 3.63) is 11.8 Å². The van der Waals surface area contributed by atoms with E-state index in [4.69, 9.17) is 4.52 Å². The number of thioether (sulfide) groups is 1. The molecule has 0 radical (unpaired) electrons. The summed E-state index contributed by atoms with van der Waals surface area (Å²) in [6.07, 6.45) is 1.11. The predicted molar refractivity (Wildman–Crippen MR) is 89.8 cm³/mol. The Hall–Kier alpha value is -0.970. The highest BCUT2D eigenvalue weighted by Gasteiger charge is 2.29. The van der Waals surface area contributed by atoms with E-state index < -0.39 is 4.75 Å². The smallest absolute Gasteiger partial charge is 0.241 e. The van der Waals surface area contributed by atoms with Crippen LogP contribution in [0.3, 0.4) is 0 Å². The second kappa shape index (κ2) is 6.86. The quantitative estimate of drug-likeness (QED) is 0.842. The Balaban J connectivity index is 2.61. The Morgan fingerprint density at radius 1 is 1.33 bits per heavy atom.